The average molecular weight is 371 g/mol. The van der Waals surface area contributed by atoms with Gasteiger partial charge in [-0.3, -0.25) is 9.80 Å². The van der Waals surface area contributed by atoms with Crippen molar-refractivity contribution in [3.8, 4) is 6.07 Å². The van der Waals surface area contributed by atoms with Crippen LogP contribution in [0.15, 0.2) is 12.1 Å². The van der Waals surface area contributed by atoms with Crippen LogP contribution in [0.1, 0.15) is 17.7 Å². The van der Waals surface area contributed by atoms with E-state index in [2.05, 4.69) is 20.9 Å². The van der Waals surface area contributed by atoms with Gasteiger partial charge in [0.05, 0.1) is 31.4 Å². The Morgan fingerprint density at radius 2 is 2.07 bits per heavy atom. The van der Waals surface area contributed by atoms with Crippen LogP contribution < -0.4 is 4.90 Å². The minimum atomic E-state index is -0.218. The summed E-state index contributed by atoms with van der Waals surface area (Å²) in [7, 11) is 0. The van der Waals surface area contributed by atoms with E-state index in [1.165, 1.54) is 0 Å². The Labute approximate surface area is 159 Å². The Morgan fingerprint density at radius 3 is 2.85 bits per heavy atom. The number of morpholine rings is 1. The molecular weight excluding hydrogens is 346 g/mol. The molecule has 4 heterocycles. The van der Waals surface area contributed by atoms with Crippen LogP contribution in [-0.4, -0.2) is 85.5 Å². The highest BCUT2D eigenvalue weighted by Crippen LogP contribution is 2.31. The van der Waals surface area contributed by atoms with Crippen LogP contribution in [-0.2, 0) is 9.47 Å². The van der Waals surface area contributed by atoms with Gasteiger partial charge in [-0.05, 0) is 25.5 Å². The molecule has 0 radical (unpaired) electrons. The largest absolute Gasteiger partial charge is 0.442 e. The molecule has 1 aromatic heterocycles. The van der Waals surface area contributed by atoms with Gasteiger partial charge in [-0.2, -0.15) is 5.26 Å². The number of fused-ring (bicyclic) bond motifs is 1. The normalized spacial score (nSPS) is 25.4. The minimum Gasteiger partial charge on any atom is -0.442 e. The van der Waals surface area contributed by atoms with Crippen LogP contribution in [0.5, 0.6) is 0 Å². The molecular formula is C19H25N5O3. The lowest BCUT2D eigenvalue weighted by atomic mass is 10.2. The van der Waals surface area contributed by atoms with E-state index in [4.69, 9.17) is 9.47 Å². The zero-order chi connectivity index (χ0) is 18.8. The number of carbonyl (C=O) groups is 1. The Bertz CT molecular complexity index is 743. The van der Waals surface area contributed by atoms with E-state index in [1.54, 1.807) is 6.07 Å². The molecule has 27 heavy (non-hydrogen) atoms. The quantitative estimate of drug-likeness (QED) is 0.763. The summed E-state index contributed by atoms with van der Waals surface area (Å²) >= 11 is 0. The number of aromatic nitrogens is 1. The molecule has 144 valence electrons. The second-order valence-corrected chi connectivity index (χ2v) is 7.33. The number of nitriles is 1. The Kier molecular flexibility index (Phi) is 5.14. The van der Waals surface area contributed by atoms with Gasteiger partial charge in [0.15, 0.2) is 0 Å². The summed E-state index contributed by atoms with van der Waals surface area (Å²) in [5, 5.41) is 9.38. The molecule has 0 aromatic carbocycles. The fourth-order valence-corrected chi connectivity index (χ4v) is 4.10. The van der Waals surface area contributed by atoms with Crippen LogP contribution in [0.3, 0.4) is 0 Å². The van der Waals surface area contributed by atoms with Crippen molar-refractivity contribution in [3.63, 3.8) is 0 Å². The molecule has 0 saturated carbocycles. The van der Waals surface area contributed by atoms with Gasteiger partial charge in [-0.15, -0.1) is 0 Å². The van der Waals surface area contributed by atoms with Gasteiger partial charge in [-0.25, -0.2) is 9.78 Å². The highest BCUT2D eigenvalue weighted by atomic mass is 16.6. The summed E-state index contributed by atoms with van der Waals surface area (Å²) in [6.07, 6.45) is 0.545. The maximum Gasteiger partial charge on any atom is 0.410 e. The third-order valence-electron chi connectivity index (χ3n) is 5.54. The first-order valence-electron chi connectivity index (χ1n) is 9.56. The highest BCUT2D eigenvalue weighted by molar-refractivity contribution is 5.72. The van der Waals surface area contributed by atoms with Crippen molar-refractivity contribution in [1.82, 2.24) is 14.8 Å². The Balaban J connectivity index is 1.38. The molecule has 3 aliphatic heterocycles. The molecule has 0 aliphatic carbocycles. The molecule has 1 aromatic rings. The molecule has 3 aliphatic rings. The van der Waals surface area contributed by atoms with Crippen molar-refractivity contribution in [2.75, 3.05) is 57.4 Å². The van der Waals surface area contributed by atoms with Crippen molar-refractivity contribution in [2.45, 2.75) is 25.5 Å². The Hall–Kier alpha value is -2.37. The molecule has 2 atom stereocenters. The lowest BCUT2D eigenvalue weighted by Crippen LogP contribution is -2.41. The van der Waals surface area contributed by atoms with E-state index in [0.29, 0.717) is 31.0 Å². The summed E-state index contributed by atoms with van der Waals surface area (Å²) in [6, 6.07) is 5.89. The number of amides is 1. The van der Waals surface area contributed by atoms with Gasteiger partial charge >= 0.3 is 6.09 Å². The van der Waals surface area contributed by atoms with Crippen LogP contribution in [0.2, 0.25) is 0 Å². The molecule has 0 unspecified atom stereocenters. The van der Waals surface area contributed by atoms with Crippen molar-refractivity contribution in [2.24, 2.45) is 0 Å². The summed E-state index contributed by atoms with van der Waals surface area (Å²) in [5.41, 5.74) is 1.44. The summed E-state index contributed by atoms with van der Waals surface area (Å²) < 4.78 is 11.0. The molecule has 3 saturated heterocycles. The van der Waals surface area contributed by atoms with Crippen molar-refractivity contribution < 1.29 is 14.3 Å². The first-order chi connectivity index (χ1) is 13.2. The molecule has 0 N–H and O–H groups in total. The average Bonchev–Trinajstić information content (AvgIpc) is 3.21. The van der Waals surface area contributed by atoms with Crippen molar-refractivity contribution in [1.29, 1.82) is 5.26 Å². The van der Waals surface area contributed by atoms with Gasteiger partial charge in [0, 0.05) is 38.4 Å². The number of carbonyl (C=O) groups excluding carboxylic acids is 1. The standard InChI is InChI=1S/C19H25N5O3/c1-14-3-4-15(11-20)18(21-14)23-12-16-17(13-23)27-19(25)24(16)6-2-5-22-7-9-26-10-8-22/h3-4,16-17H,2,5-10,12-13H2,1H3/t16-,17+/m1/s1. The summed E-state index contributed by atoms with van der Waals surface area (Å²) in [5.74, 6) is 0.691. The number of hydrogen-bond acceptors (Lipinski definition) is 7. The van der Waals surface area contributed by atoms with Gasteiger partial charge < -0.3 is 14.4 Å². The molecule has 8 heteroatoms. The predicted molar refractivity (Wildman–Crippen MR) is 98.5 cm³/mol. The topological polar surface area (TPSA) is 81.9 Å². The highest BCUT2D eigenvalue weighted by Gasteiger charge is 2.48. The molecule has 0 bridgehead atoms. The molecule has 0 spiro atoms. The fourth-order valence-electron chi connectivity index (χ4n) is 4.10. The number of hydrogen-bond donors (Lipinski definition) is 0. The number of pyridine rings is 1. The van der Waals surface area contributed by atoms with E-state index in [-0.39, 0.29) is 18.2 Å². The SMILES string of the molecule is Cc1ccc(C#N)c(N2C[C@@H]3OC(=O)N(CCCN4CCOCC4)[C@@H]3C2)n1. The predicted octanol–water partition coefficient (Wildman–Crippen LogP) is 0.993. The third kappa shape index (κ3) is 3.70. The first-order valence-corrected chi connectivity index (χ1v) is 9.56. The lowest BCUT2D eigenvalue weighted by Gasteiger charge is -2.28. The number of anilines is 1. The van der Waals surface area contributed by atoms with E-state index in [1.807, 2.05) is 17.9 Å². The Morgan fingerprint density at radius 1 is 1.26 bits per heavy atom. The second kappa shape index (κ2) is 7.71. The summed E-state index contributed by atoms with van der Waals surface area (Å²) in [4.78, 5) is 23.1. The van der Waals surface area contributed by atoms with Crippen LogP contribution >= 0.6 is 0 Å². The number of nitrogens with zero attached hydrogens (tertiary/aromatic N) is 5. The smallest absolute Gasteiger partial charge is 0.410 e. The monoisotopic (exact) mass is 371 g/mol. The minimum absolute atomic E-state index is 0.0241. The maximum atomic E-state index is 12.3. The van der Waals surface area contributed by atoms with E-state index in [0.717, 1.165) is 45.0 Å². The van der Waals surface area contributed by atoms with Crippen molar-refractivity contribution >= 4 is 11.9 Å². The number of rotatable bonds is 5. The van der Waals surface area contributed by atoms with Gasteiger partial charge in [-0.1, -0.05) is 0 Å². The first kappa shape index (κ1) is 18.0. The molecule has 4 rings (SSSR count). The van der Waals surface area contributed by atoms with Crippen molar-refractivity contribution in [3.05, 3.63) is 23.4 Å². The fraction of sp³-hybridized carbons (Fsp3) is 0.632. The van der Waals surface area contributed by atoms with Crippen LogP contribution in [0, 0.1) is 18.3 Å². The van der Waals surface area contributed by atoms with Gasteiger partial charge in [0.2, 0.25) is 0 Å². The van der Waals surface area contributed by atoms with E-state index >= 15 is 0 Å². The zero-order valence-electron chi connectivity index (χ0n) is 15.6. The molecule has 3 fully saturated rings. The number of ether oxygens (including phenoxy) is 2. The van der Waals surface area contributed by atoms with Gasteiger partial charge in [0.1, 0.15) is 18.0 Å². The van der Waals surface area contributed by atoms with E-state index in [9.17, 15) is 10.1 Å². The maximum absolute atomic E-state index is 12.3. The summed E-state index contributed by atoms with van der Waals surface area (Å²) in [6.45, 7) is 8.30. The number of aryl methyl sites for hydroxylation is 1. The second-order valence-electron chi connectivity index (χ2n) is 7.33. The zero-order valence-corrected chi connectivity index (χ0v) is 15.6. The lowest BCUT2D eigenvalue weighted by molar-refractivity contribution is 0.0363. The van der Waals surface area contributed by atoms with Crippen LogP contribution in [0.4, 0.5) is 10.6 Å². The third-order valence-corrected chi connectivity index (χ3v) is 5.54. The van der Waals surface area contributed by atoms with Crippen LogP contribution in [0.25, 0.3) is 0 Å². The van der Waals surface area contributed by atoms with E-state index < -0.39 is 0 Å². The molecule has 1 amide bonds. The van der Waals surface area contributed by atoms with Gasteiger partial charge in [0.25, 0.3) is 0 Å². The molecule has 8 nitrogen and oxygen atoms in total.